The molecule has 0 aromatic heterocycles. The SMILES string of the molecule is CC(C)N1CC2CCCN(C)C2C1.CC(C)N1CC2CCN(C)C2C1.CC(C)N1CC2CN(C)C2C1.CC(C)N1CC2CN(C)CC2C1.CC(C)N1CCC2(CCN(C)C2)C1.CC(C)N1CCC2CN(C)CC21. The van der Waals surface area contributed by atoms with Crippen LogP contribution in [0.5, 0.6) is 0 Å². The predicted molar refractivity (Wildman–Crippen MR) is 312 cm³/mol. The molecule has 12 nitrogen and oxygen atoms in total. The summed E-state index contributed by atoms with van der Waals surface area (Å²) in [5.41, 5.74) is 0.666. The molecule has 11 atom stereocenters. The largest absolute Gasteiger partial charge is 0.306 e. The minimum Gasteiger partial charge on any atom is -0.306 e. The normalized spacial score (nSPS) is 37.8. The number of fused-ring (bicyclic) bond motifs is 5. The molecule has 1 spiro atoms. The highest BCUT2D eigenvalue weighted by Crippen LogP contribution is 2.40. The molecule has 0 radical (unpaired) electrons. The number of likely N-dealkylation sites (tertiary alicyclic amines) is 12. The Morgan fingerprint density at radius 1 is 0.301 bits per heavy atom. The van der Waals surface area contributed by atoms with Gasteiger partial charge in [-0.25, -0.2) is 0 Å². The summed E-state index contributed by atoms with van der Waals surface area (Å²) >= 11 is 0. The van der Waals surface area contributed by atoms with E-state index in [4.69, 9.17) is 0 Å². The van der Waals surface area contributed by atoms with Gasteiger partial charge in [0.25, 0.3) is 0 Å². The van der Waals surface area contributed by atoms with E-state index in [1.165, 1.54) is 169 Å². The maximum absolute atomic E-state index is 2.67. The van der Waals surface area contributed by atoms with Gasteiger partial charge in [-0.15, -0.1) is 0 Å². The Labute approximate surface area is 453 Å². The smallest absolute Gasteiger partial charge is 0.0273 e. The third kappa shape index (κ3) is 15.5. The summed E-state index contributed by atoms with van der Waals surface area (Å²) in [5, 5.41) is 0. The van der Waals surface area contributed by atoms with E-state index in [9.17, 15) is 0 Å². The molecule has 12 heteroatoms. The number of likely N-dealkylation sites (N-methyl/N-ethyl adjacent to an activating group) is 4. The van der Waals surface area contributed by atoms with Crippen molar-refractivity contribution in [2.24, 2.45) is 40.9 Å². The Kier molecular flexibility index (Phi) is 22.0. The molecule has 11 unspecified atom stereocenters. The number of nitrogens with zero attached hydrogens (tertiary/aromatic N) is 12. The van der Waals surface area contributed by atoms with E-state index >= 15 is 0 Å². The second-order valence-electron chi connectivity index (χ2n) is 28.7. The van der Waals surface area contributed by atoms with Crippen molar-refractivity contribution in [3.8, 4) is 0 Å². The Bertz CT molecular complexity index is 1610. The lowest BCUT2D eigenvalue weighted by Gasteiger charge is -2.40. The van der Waals surface area contributed by atoms with Crippen LogP contribution in [0.4, 0.5) is 0 Å². The van der Waals surface area contributed by atoms with Crippen molar-refractivity contribution in [3.63, 3.8) is 0 Å². The molecule has 0 amide bonds. The van der Waals surface area contributed by atoms with Crippen molar-refractivity contribution < 1.29 is 0 Å². The zero-order chi connectivity index (χ0) is 53.1. The molecular weight excluding hydrogens is 901 g/mol. The van der Waals surface area contributed by atoms with Gasteiger partial charge >= 0.3 is 0 Å². The lowest BCUT2D eigenvalue weighted by molar-refractivity contribution is 0.0824. The van der Waals surface area contributed by atoms with Crippen molar-refractivity contribution >= 4 is 0 Å². The summed E-state index contributed by atoms with van der Waals surface area (Å²) in [5.74, 6) is 5.83. The van der Waals surface area contributed by atoms with Crippen LogP contribution in [-0.2, 0) is 0 Å². The summed E-state index contributed by atoms with van der Waals surface area (Å²) in [6.45, 7) is 54.2. The van der Waals surface area contributed by atoms with Crippen LogP contribution in [0.3, 0.4) is 0 Å². The van der Waals surface area contributed by atoms with Gasteiger partial charge < -0.3 is 39.2 Å². The quantitative estimate of drug-likeness (QED) is 0.295. The fourth-order valence-corrected chi connectivity index (χ4v) is 16.3. The van der Waals surface area contributed by atoms with E-state index in [2.05, 4.69) is 184 Å². The van der Waals surface area contributed by atoms with Gasteiger partial charge in [0.1, 0.15) is 0 Å². The molecule has 12 aliphatic heterocycles. The van der Waals surface area contributed by atoms with Crippen LogP contribution in [-0.4, -0.2) is 292 Å². The lowest BCUT2D eigenvalue weighted by atomic mass is 9.86. The van der Waals surface area contributed by atoms with Gasteiger partial charge in [0.15, 0.2) is 0 Å². The zero-order valence-electron chi connectivity index (χ0n) is 51.5. The number of rotatable bonds is 6. The fourth-order valence-electron chi connectivity index (χ4n) is 16.3. The summed E-state index contributed by atoms with van der Waals surface area (Å²) in [6.07, 6.45) is 8.56. The molecule has 12 heterocycles. The average molecular weight is 1020 g/mol. The van der Waals surface area contributed by atoms with Crippen LogP contribution in [0.2, 0.25) is 0 Å². The van der Waals surface area contributed by atoms with E-state index in [-0.39, 0.29) is 0 Å². The highest BCUT2D eigenvalue weighted by molar-refractivity contribution is 5.01. The number of hydrogen-bond donors (Lipinski definition) is 0. The highest BCUT2D eigenvalue weighted by Gasteiger charge is 2.46. The molecule has 0 bridgehead atoms. The third-order valence-electron chi connectivity index (χ3n) is 21.3. The third-order valence-corrected chi connectivity index (χ3v) is 21.3. The summed E-state index contributed by atoms with van der Waals surface area (Å²) in [7, 11) is 13.6. The van der Waals surface area contributed by atoms with E-state index in [1.807, 2.05) is 0 Å². The van der Waals surface area contributed by atoms with Crippen LogP contribution in [0.15, 0.2) is 0 Å². The van der Waals surface area contributed by atoms with Crippen LogP contribution in [0.25, 0.3) is 0 Å². The van der Waals surface area contributed by atoms with E-state index in [0.717, 1.165) is 95.9 Å². The minimum absolute atomic E-state index is 0.666. The Morgan fingerprint density at radius 3 is 1.19 bits per heavy atom. The first kappa shape index (κ1) is 60.2. The predicted octanol–water partition coefficient (Wildman–Crippen LogP) is 6.43. The Hall–Kier alpha value is -0.480. The minimum atomic E-state index is 0.666. The fraction of sp³-hybridized carbons (Fsp3) is 1.00. The molecule has 12 rings (SSSR count). The van der Waals surface area contributed by atoms with Gasteiger partial charge in [0.05, 0.1) is 0 Å². The molecule has 73 heavy (non-hydrogen) atoms. The Balaban J connectivity index is 0.000000128. The topological polar surface area (TPSA) is 38.9 Å². The molecule has 0 aromatic rings. The second-order valence-corrected chi connectivity index (χ2v) is 28.7. The number of hydrogen-bond acceptors (Lipinski definition) is 12. The Morgan fingerprint density at radius 2 is 0.726 bits per heavy atom. The molecule has 12 saturated heterocycles. The second kappa shape index (κ2) is 26.7. The summed E-state index contributed by atoms with van der Waals surface area (Å²) in [4.78, 5) is 30.8. The molecule has 0 N–H and O–H groups in total. The van der Waals surface area contributed by atoms with Crippen LogP contribution in [0.1, 0.15) is 122 Å². The average Bonchev–Trinajstić information content (AvgIpc) is 4.16. The monoisotopic (exact) mass is 1020 g/mol. The maximum atomic E-state index is 2.67. The standard InChI is InChI=1S/2C11H22N2.3C10H20N2.C9H18N2/c1-10(2)13-7-5-11(9-13)4-6-12(3)8-11;1-9(2)13-7-10-5-4-6-12(3)11(10)8-13;1-8(2)12-6-9-4-11(3)5-10(9)7-12;1-8(2)12-5-4-9-6-11(3)7-10(9)12;1-8(2)12-6-9-4-5-11(3)10(9)7-12;1-7(2)11-5-8-4-10(3)9(8)6-11/h10H,4-9H2,1-3H3;9-11H,4-8H2,1-3H3;3*8-10H,4-7H2,1-3H3;7-9H,4-6H2,1-3H3. The van der Waals surface area contributed by atoms with E-state index in [0.29, 0.717) is 5.41 Å². The first-order chi connectivity index (χ1) is 34.5. The van der Waals surface area contributed by atoms with Crippen LogP contribution >= 0.6 is 0 Å². The van der Waals surface area contributed by atoms with E-state index < -0.39 is 0 Å². The van der Waals surface area contributed by atoms with Crippen molar-refractivity contribution in [1.29, 1.82) is 0 Å². The molecule has 12 fully saturated rings. The van der Waals surface area contributed by atoms with Gasteiger partial charge in [0.2, 0.25) is 0 Å². The van der Waals surface area contributed by atoms with Gasteiger partial charge in [-0.3, -0.25) is 19.6 Å². The van der Waals surface area contributed by atoms with Gasteiger partial charge in [0, 0.05) is 165 Å². The molecule has 12 aliphatic rings. The number of piperidine rings is 1. The van der Waals surface area contributed by atoms with Crippen molar-refractivity contribution in [1.82, 2.24) is 58.8 Å². The van der Waals surface area contributed by atoms with Gasteiger partial charge in [-0.1, -0.05) is 0 Å². The summed E-state index contributed by atoms with van der Waals surface area (Å²) < 4.78 is 0. The first-order valence-corrected chi connectivity index (χ1v) is 31.1. The van der Waals surface area contributed by atoms with Crippen LogP contribution in [0, 0.1) is 40.9 Å². The molecular formula is C61H122N12. The first-order valence-electron chi connectivity index (χ1n) is 31.1. The lowest BCUT2D eigenvalue weighted by Crippen LogP contribution is -2.52. The van der Waals surface area contributed by atoms with Gasteiger partial charge in [-0.05, 0) is 232 Å². The summed E-state index contributed by atoms with van der Waals surface area (Å²) in [6, 6.07) is 7.94. The zero-order valence-corrected chi connectivity index (χ0v) is 51.5. The molecule has 0 saturated carbocycles. The van der Waals surface area contributed by atoms with E-state index in [1.54, 1.807) is 0 Å². The van der Waals surface area contributed by atoms with Crippen molar-refractivity contribution in [2.75, 3.05) is 173 Å². The van der Waals surface area contributed by atoms with Crippen molar-refractivity contribution in [2.45, 2.75) is 182 Å². The highest BCUT2D eigenvalue weighted by atomic mass is 15.3. The van der Waals surface area contributed by atoms with Crippen molar-refractivity contribution in [3.05, 3.63) is 0 Å². The molecule has 426 valence electrons. The van der Waals surface area contributed by atoms with Crippen LogP contribution < -0.4 is 0 Å². The molecule has 0 aromatic carbocycles. The van der Waals surface area contributed by atoms with Gasteiger partial charge in [-0.2, -0.15) is 0 Å². The molecule has 0 aliphatic carbocycles. The maximum Gasteiger partial charge on any atom is 0.0273 e.